The Bertz CT molecular complexity index is 1320. The van der Waals surface area contributed by atoms with Crippen LogP contribution in [0.25, 0.3) is 5.69 Å². The van der Waals surface area contributed by atoms with Gasteiger partial charge in [0, 0.05) is 48.4 Å². The molecule has 0 bridgehead atoms. The number of rotatable bonds is 3. The number of fused-ring (bicyclic) bond motifs is 3. The first-order valence-corrected chi connectivity index (χ1v) is 12.4. The lowest BCUT2D eigenvalue weighted by molar-refractivity contribution is -0.224. The number of anilines is 1. The molecule has 2 fully saturated rings. The van der Waals surface area contributed by atoms with Crippen molar-refractivity contribution in [1.29, 1.82) is 0 Å². The number of nitrogens with zero attached hydrogens (tertiary/aromatic N) is 7. The van der Waals surface area contributed by atoms with Crippen molar-refractivity contribution < 1.29 is 13.2 Å². The first-order valence-electron chi connectivity index (χ1n) is 12.0. The highest BCUT2D eigenvalue weighted by molar-refractivity contribution is 6.30. The smallest absolute Gasteiger partial charge is 0.354 e. The van der Waals surface area contributed by atoms with Gasteiger partial charge >= 0.3 is 6.18 Å². The van der Waals surface area contributed by atoms with Crippen LogP contribution < -0.4 is 4.90 Å². The van der Waals surface area contributed by atoms with E-state index in [0.717, 1.165) is 54.5 Å². The van der Waals surface area contributed by atoms with Crippen molar-refractivity contribution in [2.45, 2.75) is 64.3 Å². The second-order valence-electron chi connectivity index (χ2n) is 10.9. The van der Waals surface area contributed by atoms with E-state index in [1.807, 2.05) is 17.6 Å². The van der Waals surface area contributed by atoms with Gasteiger partial charge in [-0.3, -0.25) is 14.5 Å². The molecule has 190 valence electrons. The average Bonchev–Trinajstić information content (AvgIpc) is 3.07. The van der Waals surface area contributed by atoms with Gasteiger partial charge in [-0.25, -0.2) is 4.98 Å². The highest BCUT2D eigenvalue weighted by atomic mass is 35.5. The molecule has 0 atom stereocenters. The van der Waals surface area contributed by atoms with Crippen molar-refractivity contribution in [3.63, 3.8) is 0 Å². The number of benzene rings is 1. The van der Waals surface area contributed by atoms with Crippen LogP contribution in [0.15, 0.2) is 30.6 Å². The summed E-state index contributed by atoms with van der Waals surface area (Å²) in [7, 11) is 0. The number of halogens is 4. The van der Waals surface area contributed by atoms with Crippen molar-refractivity contribution in [2.24, 2.45) is 5.41 Å². The van der Waals surface area contributed by atoms with E-state index in [1.165, 1.54) is 18.7 Å². The van der Waals surface area contributed by atoms with E-state index in [2.05, 4.69) is 25.1 Å². The van der Waals surface area contributed by atoms with Gasteiger partial charge in [-0.1, -0.05) is 11.6 Å². The third kappa shape index (κ3) is 3.60. The summed E-state index contributed by atoms with van der Waals surface area (Å²) in [5.74, 6) is 2.47. The Morgan fingerprint density at radius 2 is 1.75 bits per heavy atom. The van der Waals surface area contributed by atoms with Crippen molar-refractivity contribution in [2.75, 3.05) is 18.0 Å². The van der Waals surface area contributed by atoms with E-state index in [4.69, 9.17) is 11.6 Å². The maximum atomic E-state index is 14.0. The molecule has 1 saturated heterocycles. The second kappa shape index (κ2) is 7.89. The third-order valence-electron chi connectivity index (χ3n) is 8.15. The lowest BCUT2D eigenvalue weighted by Gasteiger charge is -2.59. The molecule has 36 heavy (non-hydrogen) atoms. The predicted molar refractivity (Wildman–Crippen MR) is 129 cm³/mol. The largest absolute Gasteiger partial charge is 0.406 e. The van der Waals surface area contributed by atoms with Crippen molar-refractivity contribution in [1.82, 2.24) is 29.6 Å². The molecule has 1 spiro atoms. The van der Waals surface area contributed by atoms with Crippen LogP contribution in [0, 0.1) is 12.3 Å². The molecule has 0 N–H and O–H groups in total. The maximum Gasteiger partial charge on any atom is 0.406 e. The Labute approximate surface area is 212 Å². The Kier molecular flexibility index (Phi) is 5.18. The lowest BCUT2D eigenvalue weighted by atomic mass is 9.57. The molecule has 1 aliphatic carbocycles. The van der Waals surface area contributed by atoms with E-state index in [9.17, 15) is 13.2 Å². The van der Waals surface area contributed by atoms with Crippen LogP contribution in [-0.4, -0.2) is 54.4 Å². The molecule has 1 aromatic carbocycles. The van der Waals surface area contributed by atoms with Gasteiger partial charge in [-0.15, -0.1) is 10.2 Å². The SMILES string of the molecule is Cc1nccnc1N1CC2(CC(c3nnc4n3-c3ccc(Cl)cc3CN(C(C)(C)C(F)(F)F)C4)C2)C1. The standard InChI is InChI=1S/C25H27ClF3N7/c1-15-21(31-7-6-30-15)34-13-24(14-34)9-17(10-24)22-33-32-20-12-35(23(2,3)25(27,28)29)11-16-8-18(26)4-5-19(16)36(20)22/h4-8,17H,9-14H2,1-3H3. The first-order chi connectivity index (χ1) is 17.0. The summed E-state index contributed by atoms with van der Waals surface area (Å²) in [5, 5.41) is 9.40. The van der Waals surface area contributed by atoms with Crippen molar-refractivity contribution in [3.05, 3.63) is 58.5 Å². The Morgan fingerprint density at radius 3 is 2.44 bits per heavy atom. The minimum Gasteiger partial charge on any atom is -0.354 e. The van der Waals surface area contributed by atoms with Crippen molar-refractivity contribution >= 4 is 17.4 Å². The molecule has 0 amide bonds. The molecule has 0 unspecified atom stereocenters. The van der Waals surface area contributed by atoms with Crippen LogP contribution >= 0.6 is 11.6 Å². The summed E-state index contributed by atoms with van der Waals surface area (Å²) in [6.45, 7) is 6.39. The molecule has 4 heterocycles. The van der Waals surface area contributed by atoms with Crippen LogP contribution in [-0.2, 0) is 13.1 Å². The zero-order valence-electron chi connectivity index (χ0n) is 20.3. The topological polar surface area (TPSA) is 63.0 Å². The highest BCUT2D eigenvalue weighted by Crippen LogP contribution is 2.57. The molecule has 6 rings (SSSR count). The van der Waals surface area contributed by atoms with Crippen LogP contribution in [0.4, 0.5) is 19.0 Å². The zero-order valence-corrected chi connectivity index (χ0v) is 21.1. The van der Waals surface area contributed by atoms with Crippen LogP contribution in [0.1, 0.15) is 55.5 Å². The Morgan fingerprint density at radius 1 is 1.03 bits per heavy atom. The van der Waals surface area contributed by atoms with Gasteiger partial charge in [0.25, 0.3) is 0 Å². The number of hydrogen-bond acceptors (Lipinski definition) is 6. The Balaban J connectivity index is 1.28. The van der Waals surface area contributed by atoms with Gasteiger partial charge in [0.05, 0.1) is 17.9 Å². The van der Waals surface area contributed by atoms with E-state index in [0.29, 0.717) is 10.8 Å². The fourth-order valence-corrected chi connectivity index (χ4v) is 6.11. The molecule has 1 saturated carbocycles. The van der Waals surface area contributed by atoms with E-state index in [-0.39, 0.29) is 24.4 Å². The van der Waals surface area contributed by atoms with Crippen molar-refractivity contribution in [3.8, 4) is 5.69 Å². The van der Waals surface area contributed by atoms with Gasteiger partial charge < -0.3 is 4.90 Å². The molecule has 2 aliphatic heterocycles. The van der Waals surface area contributed by atoms with Crippen LogP contribution in [0.2, 0.25) is 5.02 Å². The Hall–Kier alpha value is -2.72. The molecular weight excluding hydrogens is 491 g/mol. The summed E-state index contributed by atoms with van der Waals surface area (Å²) in [5.41, 5.74) is 0.636. The van der Waals surface area contributed by atoms with Gasteiger partial charge in [0.1, 0.15) is 17.2 Å². The summed E-state index contributed by atoms with van der Waals surface area (Å²) in [4.78, 5) is 12.5. The van der Waals surface area contributed by atoms with Gasteiger partial charge in [-0.05, 0) is 57.4 Å². The van der Waals surface area contributed by atoms with E-state index >= 15 is 0 Å². The normalized spacial score (nSPS) is 19.9. The summed E-state index contributed by atoms with van der Waals surface area (Å²) >= 11 is 6.27. The maximum absolute atomic E-state index is 14.0. The van der Waals surface area contributed by atoms with Gasteiger partial charge in [-0.2, -0.15) is 13.2 Å². The zero-order chi connectivity index (χ0) is 25.5. The monoisotopic (exact) mass is 517 g/mol. The second-order valence-corrected chi connectivity index (χ2v) is 11.4. The summed E-state index contributed by atoms with van der Waals surface area (Å²) < 4.78 is 43.9. The minimum absolute atomic E-state index is 0.0450. The summed E-state index contributed by atoms with van der Waals surface area (Å²) in [6, 6.07) is 5.40. The van der Waals surface area contributed by atoms with Crippen LogP contribution in [0.5, 0.6) is 0 Å². The highest BCUT2D eigenvalue weighted by Gasteiger charge is 2.55. The lowest BCUT2D eigenvalue weighted by Crippen LogP contribution is -2.62. The molecule has 3 aromatic rings. The number of aryl methyl sites for hydroxylation is 1. The minimum atomic E-state index is -4.40. The molecule has 11 heteroatoms. The molecule has 3 aliphatic rings. The van der Waals surface area contributed by atoms with E-state index in [1.54, 1.807) is 24.5 Å². The first kappa shape index (κ1) is 23.7. The predicted octanol–water partition coefficient (Wildman–Crippen LogP) is 5.06. The molecule has 7 nitrogen and oxygen atoms in total. The van der Waals surface area contributed by atoms with Crippen LogP contribution in [0.3, 0.4) is 0 Å². The average molecular weight is 518 g/mol. The fraction of sp³-hybridized carbons (Fsp3) is 0.520. The quantitative estimate of drug-likeness (QED) is 0.484. The number of aromatic nitrogens is 5. The molecular formula is C25H27ClF3N7. The number of hydrogen-bond donors (Lipinski definition) is 0. The molecule has 2 aromatic heterocycles. The van der Waals surface area contributed by atoms with Gasteiger partial charge in [0.15, 0.2) is 5.82 Å². The number of alkyl halides is 3. The van der Waals surface area contributed by atoms with Gasteiger partial charge in [0.2, 0.25) is 0 Å². The fourth-order valence-electron chi connectivity index (χ4n) is 5.92. The van der Waals surface area contributed by atoms with E-state index < -0.39 is 11.7 Å². The molecule has 0 radical (unpaired) electrons. The summed E-state index contributed by atoms with van der Waals surface area (Å²) in [6.07, 6.45) is 0.938. The third-order valence-corrected chi connectivity index (χ3v) is 8.38.